The number of esters is 3. The number of carbonyl (C=O) groups excluding carboxylic acids is 4. The number of fused-ring (bicyclic) bond motifs is 1. The summed E-state index contributed by atoms with van der Waals surface area (Å²) in [6.45, 7) is 11.1. The highest BCUT2D eigenvalue weighted by Gasteiger charge is 2.65. The Labute approximate surface area is 241 Å². The predicted octanol–water partition coefficient (Wildman–Crippen LogP) is 3.14. The fraction of sp³-hybridized carbons (Fsp3) is 0.643. The molecule has 0 spiro atoms. The molecule has 1 aromatic rings. The van der Waals surface area contributed by atoms with Gasteiger partial charge in [-0.3, -0.25) is 14.4 Å². The molecular weight excluding hydrogens is 567 g/mol. The van der Waals surface area contributed by atoms with Crippen molar-refractivity contribution in [3.05, 3.63) is 35.9 Å². The first-order valence-corrected chi connectivity index (χ1v) is 13.2. The minimum atomic E-state index is -5.38. The van der Waals surface area contributed by atoms with Crippen molar-refractivity contribution in [2.75, 3.05) is 7.11 Å². The maximum atomic E-state index is 13.3. The lowest BCUT2D eigenvalue weighted by atomic mass is 9.94. The lowest BCUT2D eigenvalue weighted by molar-refractivity contribution is -0.265. The van der Waals surface area contributed by atoms with Gasteiger partial charge < -0.3 is 33.7 Å². The summed E-state index contributed by atoms with van der Waals surface area (Å²) in [6, 6.07) is 5.17. The van der Waals surface area contributed by atoms with Crippen LogP contribution in [0.1, 0.15) is 54.0 Å². The number of nitrogens with one attached hydrogen (secondary N) is 1. The predicted molar refractivity (Wildman–Crippen MR) is 137 cm³/mol. The molecule has 42 heavy (non-hydrogen) atoms. The SMILES string of the molecule is COC(=O)C(NC(=O)C(F)(F)F)C1(c2ccccc2)O[C@H]2O[C@H](C)[C@H](OC(=O)C(C)(C)C)[C@H](OC(=O)C(C)(C)C)[C@H]2O1. The largest absolute Gasteiger partial charge is 0.471 e. The average molecular weight is 604 g/mol. The van der Waals surface area contributed by atoms with Crippen LogP contribution in [0.25, 0.3) is 0 Å². The Bertz CT molecular complexity index is 1180. The van der Waals surface area contributed by atoms with Crippen LogP contribution >= 0.6 is 0 Å². The van der Waals surface area contributed by atoms with E-state index in [-0.39, 0.29) is 5.56 Å². The molecule has 1 aromatic carbocycles. The van der Waals surface area contributed by atoms with E-state index in [1.807, 2.05) is 0 Å². The summed E-state index contributed by atoms with van der Waals surface area (Å²) < 4.78 is 74.5. The van der Waals surface area contributed by atoms with Crippen LogP contribution in [0.3, 0.4) is 0 Å². The Morgan fingerprint density at radius 3 is 1.88 bits per heavy atom. The molecule has 3 rings (SSSR count). The number of ether oxygens (including phenoxy) is 6. The van der Waals surface area contributed by atoms with E-state index < -0.39 is 83.4 Å². The first kappa shape index (κ1) is 33.3. The van der Waals surface area contributed by atoms with Gasteiger partial charge in [0.2, 0.25) is 5.79 Å². The van der Waals surface area contributed by atoms with Gasteiger partial charge >= 0.3 is 30.0 Å². The van der Waals surface area contributed by atoms with Crippen molar-refractivity contribution in [3.8, 4) is 0 Å². The van der Waals surface area contributed by atoms with Gasteiger partial charge in [-0.2, -0.15) is 13.2 Å². The molecule has 2 fully saturated rings. The summed E-state index contributed by atoms with van der Waals surface area (Å²) in [5.41, 5.74) is -1.98. The van der Waals surface area contributed by atoms with Gasteiger partial charge in [-0.1, -0.05) is 30.3 Å². The van der Waals surface area contributed by atoms with Crippen LogP contribution < -0.4 is 5.32 Å². The van der Waals surface area contributed by atoms with Crippen LogP contribution in [-0.4, -0.2) is 73.8 Å². The van der Waals surface area contributed by atoms with E-state index in [4.69, 9.17) is 28.4 Å². The number of amides is 1. The van der Waals surface area contributed by atoms with Gasteiger partial charge in [0.05, 0.1) is 24.0 Å². The third kappa shape index (κ3) is 6.87. The highest BCUT2D eigenvalue weighted by Crippen LogP contribution is 2.47. The zero-order valence-corrected chi connectivity index (χ0v) is 24.6. The molecule has 2 aliphatic rings. The average Bonchev–Trinajstić information content (AvgIpc) is 3.27. The maximum Gasteiger partial charge on any atom is 0.471 e. The zero-order chi connectivity index (χ0) is 31.8. The number of methoxy groups -OCH3 is 1. The van der Waals surface area contributed by atoms with E-state index in [0.717, 1.165) is 7.11 Å². The molecule has 1 N–H and O–H groups in total. The minimum absolute atomic E-state index is 0.0117. The molecule has 0 bridgehead atoms. The van der Waals surface area contributed by atoms with Gasteiger partial charge in [0.1, 0.15) is 0 Å². The quantitative estimate of drug-likeness (QED) is 0.382. The Balaban J connectivity index is 2.16. The van der Waals surface area contributed by atoms with E-state index in [2.05, 4.69) is 0 Å². The van der Waals surface area contributed by atoms with Crippen LogP contribution in [0.15, 0.2) is 30.3 Å². The number of carbonyl (C=O) groups is 4. The second-order valence-electron chi connectivity index (χ2n) is 12.1. The van der Waals surface area contributed by atoms with E-state index in [1.165, 1.54) is 31.2 Å². The molecule has 0 radical (unpaired) electrons. The maximum absolute atomic E-state index is 13.3. The number of benzene rings is 1. The summed E-state index contributed by atoms with van der Waals surface area (Å²) in [5.74, 6) is -7.62. The van der Waals surface area contributed by atoms with Crippen LogP contribution in [0.2, 0.25) is 0 Å². The Morgan fingerprint density at radius 1 is 0.881 bits per heavy atom. The molecule has 7 atom stereocenters. The second-order valence-corrected chi connectivity index (χ2v) is 12.1. The molecule has 2 heterocycles. The van der Waals surface area contributed by atoms with Crippen LogP contribution in [0, 0.1) is 10.8 Å². The molecule has 0 saturated carbocycles. The first-order valence-electron chi connectivity index (χ1n) is 13.2. The summed E-state index contributed by atoms with van der Waals surface area (Å²) in [7, 11) is 0.907. The fourth-order valence-corrected chi connectivity index (χ4v) is 4.24. The normalized spacial score (nSPS) is 28.7. The summed E-state index contributed by atoms with van der Waals surface area (Å²) >= 11 is 0. The van der Waals surface area contributed by atoms with Crippen molar-refractivity contribution < 1.29 is 60.8 Å². The Kier molecular flexibility index (Phi) is 9.35. The lowest BCUT2D eigenvalue weighted by Gasteiger charge is -2.41. The first-order chi connectivity index (χ1) is 19.2. The van der Waals surface area contributed by atoms with Gasteiger partial charge in [-0.15, -0.1) is 0 Å². The molecule has 0 aromatic heterocycles. The Morgan fingerprint density at radius 2 is 1.40 bits per heavy atom. The molecule has 2 unspecified atom stereocenters. The number of hydrogen-bond donors (Lipinski definition) is 1. The Hall–Kier alpha value is -3.23. The third-order valence-electron chi connectivity index (χ3n) is 6.57. The monoisotopic (exact) mass is 603 g/mol. The van der Waals surface area contributed by atoms with Crippen LogP contribution in [0.5, 0.6) is 0 Å². The van der Waals surface area contributed by atoms with Gasteiger partial charge in [0, 0.05) is 5.56 Å². The lowest BCUT2D eigenvalue weighted by Crippen LogP contribution is -2.60. The zero-order valence-electron chi connectivity index (χ0n) is 24.6. The molecule has 2 aliphatic heterocycles. The summed E-state index contributed by atoms with van der Waals surface area (Å²) in [4.78, 5) is 51.0. The topological polar surface area (TPSA) is 136 Å². The highest BCUT2D eigenvalue weighted by molar-refractivity contribution is 5.88. The molecule has 14 heteroatoms. The van der Waals surface area contributed by atoms with Crippen molar-refractivity contribution in [1.82, 2.24) is 5.32 Å². The number of rotatable bonds is 6. The van der Waals surface area contributed by atoms with Crippen LogP contribution in [-0.2, 0) is 53.4 Å². The number of hydrogen-bond acceptors (Lipinski definition) is 10. The van der Waals surface area contributed by atoms with Gasteiger partial charge in [-0.05, 0) is 48.5 Å². The van der Waals surface area contributed by atoms with Gasteiger partial charge in [0.25, 0.3) is 0 Å². The molecule has 1 amide bonds. The van der Waals surface area contributed by atoms with Crippen molar-refractivity contribution in [2.45, 2.75) is 97.2 Å². The third-order valence-corrected chi connectivity index (χ3v) is 6.57. The molecule has 234 valence electrons. The second kappa shape index (κ2) is 11.8. The molecule has 2 saturated heterocycles. The van der Waals surface area contributed by atoms with E-state index in [0.29, 0.717) is 0 Å². The van der Waals surface area contributed by atoms with E-state index in [9.17, 15) is 32.3 Å². The molecule has 0 aliphatic carbocycles. The minimum Gasteiger partial charge on any atom is -0.467 e. The smallest absolute Gasteiger partial charge is 0.467 e. The number of halogens is 3. The number of alkyl halides is 3. The summed E-state index contributed by atoms with van der Waals surface area (Å²) in [6.07, 6.45) is -11.9. The highest BCUT2D eigenvalue weighted by atomic mass is 19.4. The van der Waals surface area contributed by atoms with Crippen molar-refractivity contribution >= 4 is 23.8 Å². The molecule has 11 nitrogen and oxygen atoms in total. The van der Waals surface area contributed by atoms with Crippen molar-refractivity contribution in [1.29, 1.82) is 0 Å². The van der Waals surface area contributed by atoms with Crippen LogP contribution in [0.4, 0.5) is 13.2 Å². The van der Waals surface area contributed by atoms with E-state index >= 15 is 0 Å². The standard InChI is InChI=1S/C28H36F3NO10/c1-14-16(39-23(35)25(2,3)4)17(40-24(36)26(5,6)7)18-21(38-14)42-27(41-18,15-12-10-9-11-13-15)19(20(33)37-8)32-22(34)28(29,30)31/h9-14,16-19,21H,1-8H3,(H,32,34)/t14-,16+,17+,18-,19?,21-,27?/m1/s1. The van der Waals surface area contributed by atoms with Gasteiger partial charge in [0.15, 0.2) is 30.6 Å². The van der Waals surface area contributed by atoms with Crippen molar-refractivity contribution in [2.24, 2.45) is 10.8 Å². The van der Waals surface area contributed by atoms with E-state index in [1.54, 1.807) is 52.9 Å². The summed E-state index contributed by atoms with van der Waals surface area (Å²) in [5, 5.41) is 1.62. The van der Waals surface area contributed by atoms with Crippen molar-refractivity contribution in [3.63, 3.8) is 0 Å². The fourth-order valence-electron chi connectivity index (χ4n) is 4.24. The molecular formula is C28H36F3NO10. The van der Waals surface area contributed by atoms with Gasteiger partial charge in [-0.25, -0.2) is 4.79 Å².